The standard InChI is InChI=1S/C26H21ClF4N2O3/c27-22-11-17(21-10-16(14-34)3-8-23(21)28)4-5-18(22)9-15-1-6-19(7-2-15)33-20(13-25(35)36)12-24(32-33)26(29,30)31/h1-8,10-11,20,34H,9,12-14H2,(H,35,36). The molecule has 1 atom stereocenters. The molecule has 3 aromatic carbocycles. The van der Waals surface area contributed by atoms with Crippen molar-refractivity contribution in [1.29, 1.82) is 0 Å². The van der Waals surface area contributed by atoms with Gasteiger partial charge in [0.15, 0.2) is 0 Å². The van der Waals surface area contributed by atoms with Crippen molar-refractivity contribution >= 4 is 29.0 Å². The van der Waals surface area contributed by atoms with Crippen molar-refractivity contribution in [3.63, 3.8) is 0 Å². The molecule has 2 N–H and O–H groups in total. The number of carboxylic acid groups (broad SMARTS) is 1. The van der Waals surface area contributed by atoms with E-state index >= 15 is 0 Å². The van der Waals surface area contributed by atoms with Crippen LogP contribution in [0.3, 0.4) is 0 Å². The number of aliphatic hydroxyl groups is 1. The number of carboxylic acids is 1. The number of hydrogen-bond donors (Lipinski definition) is 2. The van der Waals surface area contributed by atoms with Crippen LogP contribution in [0, 0.1) is 5.82 Å². The minimum atomic E-state index is -4.63. The molecule has 0 amide bonds. The summed E-state index contributed by atoms with van der Waals surface area (Å²) in [6.07, 6.45) is -5.19. The second kappa shape index (κ2) is 10.3. The predicted octanol–water partition coefficient (Wildman–Crippen LogP) is 6.20. The molecule has 0 bridgehead atoms. The number of benzene rings is 3. The van der Waals surface area contributed by atoms with Crippen molar-refractivity contribution in [3.8, 4) is 11.1 Å². The summed E-state index contributed by atoms with van der Waals surface area (Å²) >= 11 is 6.46. The Morgan fingerprint density at radius 1 is 1.06 bits per heavy atom. The van der Waals surface area contributed by atoms with E-state index in [0.717, 1.165) is 16.1 Å². The number of hydrazone groups is 1. The lowest BCUT2D eigenvalue weighted by molar-refractivity contribution is -0.137. The molecule has 188 valence electrons. The smallest absolute Gasteiger partial charge is 0.431 e. The Kier molecular flexibility index (Phi) is 7.33. The largest absolute Gasteiger partial charge is 0.481 e. The molecule has 1 aliphatic heterocycles. The first kappa shape index (κ1) is 25.7. The maximum absolute atomic E-state index is 14.3. The van der Waals surface area contributed by atoms with Crippen LogP contribution < -0.4 is 5.01 Å². The van der Waals surface area contributed by atoms with Crippen molar-refractivity contribution in [1.82, 2.24) is 0 Å². The minimum absolute atomic E-state index is 0.216. The van der Waals surface area contributed by atoms with E-state index in [1.165, 1.54) is 12.1 Å². The molecule has 0 aromatic heterocycles. The van der Waals surface area contributed by atoms with Gasteiger partial charge in [-0.2, -0.15) is 18.3 Å². The molecule has 3 aromatic rings. The molecular weight excluding hydrogens is 500 g/mol. The molecule has 36 heavy (non-hydrogen) atoms. The Bertz CT molecular complexity index is 1310. The van der Waals surface area contributed by atoms with Crippen LogP contribution in [0.2, 0.25) is 5.02 Å². The Morgan fingerprint density at radius 2 is 1.75 bits per heavy atom. The number of aliphatic hydroxyl groups excluding tert-OH is 1. The Balaban J connectivity index is 1.53. The summed E-state index contributed by atoms with van der Waals surface area (Å²) in [5.41, 5.74) is 2.37. The fourth-order valence-electron chi connectivity index (χ4n) is 4.10. The zero-order valence-corrected chi connectivity index (χ0v) is 19.5. The molecule has 0 spiro atoms. The van der Waals surface area contributed by atoms with E-state index in [1.807, 2.05) is 0 Å². The lowest BCUT2D eigenvalue weighted by Crippen LogP contribution is -2.29. The average Bonchev–Trinajstić information content (AvgIpc) is 3.25. The van der Waals surface area contributed by atoms with Gasteiger partial charge in [-0.1, -0.05) is 41.9 Å². The van der Waals surface area contributed by atoms with E-state index < -0.39 is 42.6 Å². The highest BCUT2D eigenvalue weighted by Crippen LogP contribution is 2.34. The number of aliphatic carboxylic acids is 1. The van der Waals surface area contributed by atoms with Crippen LogP contribution >= 0.6 is 11.6 Å². The van der Waals surface area contributed by atoms with E-state index in [0.29, 0.717) is 33.8 Å². The lowest BCUT2D eigenvalue weighted by Gasteiger charge is -2.22. The van der Waals surface area contributed by atoms with Crippen molar-refractivity contribution in [2.75, 3.05) is 5.01 Å². The van der Waals surface area contributed by atoms with Gasteiger partial charge in [0.1, 0.15) is 11.5 Å². The van der Waals surface area contributed by atoms with Gasteiger partial charge in [0.05, 0.1) is 24.8 Å². The summed E-state index contributed by atoms with van der Waals surface area (Å²) in [6.45, 7) is -0.216. The summed E-state index contributed by atoms with van der Waals surface area (Å²) < 4.78 is 53.7. The zero-order valence-electron chi connectivity index (χ0n) is 18.8. The summed E-state index contributed by atoms with van der Waals surface area (Å²) in [6, 6.07) is 15.1. The lowest BCUT2D eigenvalue weighted by atomic mass is 9.98. The van der Waals surface area contributed by atoms with Crippen molar-refractivity contribution < 1.29 is 32.6 Å². The monoisotopic (exact) mass is 520 g/mol. The number of halogens is 5. The van der Waals surface area contributed by atoms with Crippen LogP contribution in [-0.4, -0.2) is 34.1 Å². The fourth-order valence-corrected chi connectivity index (χ4v) is 4.35. The first-order valence-electron chi connectivity index (χ1n) is 11.0. The molecule has 5 nitrogen and oxygen atoms in total. The van der Waals surface area contributed by atoms with Crippen LogP contribution in [0.4, 0.5) is 23.2 Å². The number of alkyl halides is 3. The SMILES string of the molecule is O=C(O)CC1CC(C(F)(F)F)=NN1c1ccc(Cc2ccc(-c3cc(CO)ccc3F)cc2Cl)cc1. The van der Waals surface area contributed by atoms with Gasteiger partial charge in [0.25, 0.3) is 0 Å². The predicted molar refractivity (Wildman–Crippen MR) is 129 cm³/mol. The third-order valence-corrected chi connectivity index (χ3v) is 6.27. The number of nitrogens with zero attached hydrogens (tertiary/aromatic N) is 2. The van der Waals surface area contributed by atoms with Crippen LogP contribution in [0.5, 0.6) is 0 Å². The highest BCUT2D eigenvalue weighted by Gasteiger charge is 2.43. The van der Waals surface area contributed by atoms with Gasteiger partial charge in [-0.3, -0.25) is 9.80 Å². The topological polar surface area (TPSA) is 73.1 Å². The Morgan fingerprint density at radius 3 is 2.36 bits per heavy atom. The number of rotatable bonds is 7. The van der Waals surface area contributed by atoms with Crippen LogP contribution in [0.25, 0.3) is 11.1 Å². The molecule has 1 aliphatic rings. The van der Waals surface area contributed by atoms with E-state index in [9.17, 15) is 27.5 Å². The first-order chi connectivity index (χ1) is 17.0. The summed E-state index contributed by atoms with van der Waals surface area (Å²) in [5.74, 6) is -1.65. The average molecular weight is 521 g/mol. The molecule has 0 saturated carbocycles. The van der Waals surface area contributed by atoms with Gasteiger partial charge in [-0.15, -0.1) is 0 Å². The number of anilines is 1. The molecule has 1 heterocycles. The van der Waals surface area contributed by atoms with Gasteiger partial charge in [-0.05, 0) is 59.0 Å². The summed E-state index contributed by atoms with van der Waals surface area (Å²) in [5, 5.41) is 23.6. The first-order valence-corrected chi connectivity index (χ1v) is 11.4. The molecule has 0 radical (unpaired) electrons. The summed E-state index contributed by atoms with van der Waals surface area (Å²) in [4.78, 5) is 11.1. The Hall–Kier alpha value is -3.43. The minimum Gasteiger partial charge on any atom is -0.481 e. The van der Waals surface area contributed by atoms with E-state index in [4.69, 9.17) is 16.7 Å². The van der Waals surface area contributed by atoms with E-state index in [2.05, 4.69) is 5.10 Å². The molecule has 10 heteroatoms. The summed E-state index contributed by atoms with van der Waals surface area (Å²) in [7, 11) is 0. The van der Waals surface area contributed by atoms with Gasteiger partial charge in [0, 0.05) is 17.0 Å². The molecule has 0 saturated heterocycles. The zero-order chi connectivity index (χ0) is 26.0. The van der Waals surface area contributed by atoms with Crippen molar-refractivity contribution in [3.05, 3.63) is 88.2 Å². The van der Waals surface area contributed by atoms with E-state index in [-0.39, 0.29) is 6.61 Å². The number of carbonyl (C=O) groups is 1. The van der Waals surface area contributed by atoms with Crippen molar-refractivity contribution in [2.45, 2.75) is 38.1 Å². The fraction of sp³-hybridized carbons (Fsp3) is 0.231. The molecule has 0 aliphatic carbocycles. The highest BCUT2D eigenvalue weighted by atomic mass is 35.5. The second-order valence-corrected chi connectivity index (χ2v) is 8.87. The third kappa shape index (κ3) is 5.68. The van der Waals surface area contributed by atoms with Gasteiger partial charge < -0.3 is 10.2 Å². The number of hydrogen-bond acceptors (Lipinski definition) is 4. The molecular formula is C26H21ClF4N2O3. The Labute approximate surface area is 209 Å². The van der Waals surface area contributed by atoms with Crippen LogP contribution in [-0.2, 0) is 17.8 Å². The molecule has 1 unspecified atom stereocenters. The maximum atomic E-state index is 14.3. The third-order valence-electron chi connectivity index (χ3n) is 5.91. The second-order valence-electron chi connectivity index (χ2n) is 8.47. The van der Waals surface area contributed by atoms with Gasteiger partial charge in [0.2, 0.25) is 0 Å². The van der Waals surface area contributed by atoms with Crippen LogP contribution in [0.1, 0.15) is 29.5 Å². The van der Waals surface area contributed by atoms with Crippen molar-refractivity contribution in [2.24, 2.45) is 5.10 Å². The quantitative estimate of drug-likeness (QED) is 0.364. The van der Waals surface area contributed by atoms with Crippen LogP contribution in [0.15, 0.2) is 65.8 Å². The highest BCUT2D eigenvalue weighted by molar-refractivity contribution is 6.31. The van der Waals surface area contributed by atoms with Gasteiger partial charge >= 0.3 is 12.1 Å². The molecule has 4 rings (SSSR count). The maximum Gasteiger partial charge on any atom is 0.431 e. The normalized spacial score (nSPS) is 15.8. The molecule has 0 fully saturated rings. The van der Waals surface area contributed by atoms with Gasteiger partial charge in [-0.25, -0.2) is 4.39 Å². The van der Waals surface area contributed by atoms with E-state index in [1.54, 1.807) is 48.5 Å².